The van der Waals surface area contributed by atoms with Crippen molar-refractivity contribution >= 4 is 19.5 Å². The number of nitrogens with two attached hydrogens (primary N) is 1. The zero-order chi connectivity index (χ0) is 31.2. The summed E-state index contributed by atoms with van der Waals surface area (Å²) in [5, 5.41) is 27.6. The number of aryl methyl sites for hydroxylation is 1. The molecule has 16 nitrogen and oxygen atoms in total. The molecular formula is C26H30N7O9P. The average Bonchev–Trinajstić information content (AvgIpc) is 3.22. The molecule has 43 heavy (non-hydrogen) atoms. The van der Waals surface area contributed by atoms with E-state index in [1.54, 1.807) is 49.4 Å². The molecule has 0 saturated carbocycles. The number of nitrogens with zero attached hydrogens (tertiary/aromatic N) is 5. The van der Waals surface area contributed by atoms with Crippen LogP contribution in [0.3, 0.4) is 0 Å². The van der Waals surface area contributed by atoms with E-state index >= 15 is 0 Å². The first kappa shape index (κ1) is 31.7. The third-order valence-electron chi connectivity index (χ3n) is 6.42. The first-order chi connectivity index (χ1) is 20.5. The molecular weight excluding hydrogens is 585 g/mol. The van der Waals surface area contributed by atoms with Gasteiger partial charge in [0.2, 0.25) is 5.72 Å². The molecule has 0 spiro atoms. The van der Waals surface area contributed by atoms with Crippen molar-refractivity contribution in [3.8, 4) is 5.75 Å². The molecule has 2 aromatic carbocycles. The largest absolute Gasteiger partial charge is 0.460 e. The third kappa shape index (κ3) is 7.39. The number of hydrogen-bond donors (Lipinski definition) is 4. The molecule has 2 heterocycles. The normalized spacial score (nSPS) is 23.5. The number of nitrogens with one attached hydrogen (secondary N) is 1. The number of anilines is 1. The van der Waals surface area contributed by atoms with Gasteiger partial charge in [-0.1, -0.05) is 53.6 Å². The molecule has 1 saturated heterocycles. The molecule has 3 aromatic rings. The lowest BCUT2D eigenvalue weighted by Gasteiger charge is -2.29. The Labute approximate surface area is 245 Å². The van der Waals surface area contributed by atoms with Gasteiger partial charge in [-0.25, -0.2) is 9.36 Å². The van der Waals surface area contributed by atoms with Gasteiger partial charge in [0, 0.05) is 11.1 Å². The van der Waals surface area contributed by atoms with E-state index in [4.69, 9.17) is 24.3 Å². The smallest absolute Gasteiger partial charge is 0.459 e. The van der Waals surface area contributed by atoms with Crippen LogP contribution in [0.5, 0.6) is 5.75 Å². The number of esters is 1. The first-order valence-corrected chi connectivity index (χ1v) is 14.4. The fraction of sp³-hybridized carbons (Fsp3) is 0.346. The number of benzene rings is 2. The van der Waals surface area contributed by atoms with Crippen LogP contribution in [0.15, 0.2) is 76.8 Å². The van der Waals surface area contributed by atoms with Crippen LogP contribution in [0.4, 0.5) is 5.82 Å². The SMILES string of the molecule is Cc1ccccc1OP(=O)(N[C@@H](C)C(=O)OCc1ccccc1)OC[C@@]1(N=[N+]=[N-])O[C@@H](n2ccc(N)nc2=O)[C@H](O)[C@@H]1O. The topological polar surface area (TPSA) is 233 Å². The number of aliphatic hydroxyl groups is 2. The van der Waals surface area contributed by atoms with Crippen molar-refractivity contribution in [1.29, 1.82) is 0 Å². The van der Waals surface area contributed by atoms with E-state index in [0.29, 0.717) is 5.56 Å². The molecule has 5 N–H and O–H groups in total. The zero-order valence-electron chi connectivity index (χ0n) is 23.1. The number of rotatable bonds is 12. The number of ether oxygens (including phenoxy) is 2. The molecule has 1 aliphatic rings. The Bertz CT molecular complexity index is 1600. The maximum atomic E-state index is 14.1. The lowest BCUT2D eigenvalue weighted by atomic mass is 10.1. The van der Waals surface area contributed by atoms with Crippen molar-refractivity contribution in [1.82, 2.24) is 14.6 Å². The van der Waals surface area contributed by atoms with Gasteiger partial charge in [0.1, 0.15) is 36.4 Å². The molecule has 17 heteroatoms. The van der Waals surface area contributed by atoms with E-state index in [2.05, 4.69) is 20.1 Å². The number of nitrogen functional groups attached to an aromatic ring is 1. The standard InChI is InChI=1S/C26H30N7O9P/c1-16-8-6-7-11-19(16)42-43(38,30-17(2)24(36)39-14-18-9-4-3-5-10-18)40-15-26(31-32-28)22(35)21(34)23(41-26)33-13-12-20(27)29-25(33)37/h3-13,17,21-23,34-35H,14-15H2,1-2H3,(H,30,38)(H2,27,29,37)/t17-,21+,22-,23+,26+,43?/m0/s1. The highest BCUT2D eigenvalue weighted by atomic mass is 31.2. The molecule has 0 radical (unpaired) electrons. The predicted octanol–water partition coefficient (Wildman–Crippen LogP) is 2.32. The van der Waals surface area contributed by atoms with Crippen molar-refractivity contribution in [2.45, 2.75) is 50.7 Å². The van der Waals surface area contributed by atoms with E-state index in [9.17, 15) is 29.9 Å². The quantitative estimate of drug-likeness (QED) is 0.0755. The Hall–Kier alpha value is -4.27. The van der Waals surface area contributed by atoms with Crippen LogP contribution in [0.1, 0.15) is 24.3 Å². The van der Waals surface area contributed by atoms with Gasteiger partial charge < -0.3 is 29.9 Å². The summed E-state index contributed by atoms with van der Waals surface area (Å²) < 4.78 is 37.2. The third-order valence-corrected chi connectivity index (χ3v) is 8.03. The Morgan fingerprint density at radius 2 is 1.95 bits per heavy atom. The summed E-state index contributed by atoms with van der Waals surface area (Å²) in [7, 11) is -4.55. The second-order valence-corrected chi connectivity index (χ2v) is 11.3. The lowest BCUT2D eigenvalue weighted by molar-refractivity contribution is -0.146. The lowest BCUT2D eigenvalue weighted by Crippen LogP contribution is -2.45. The summed E-state index contributed by atoms with van der Waals surface area (Å²) >= 11 is 0. The van der Waals surface area contributed by atoms with Gasteiger partial charge in [-0.05, 0) is 42.6 Å². The van der Waals surface area contributed by atoms with Crippen LogP contribution >= 0.6 is 7.75 Å². The fourth-order valence-electron chi connectivity index (χ4n) is 4.12. The van der Waals surface area contributed by atoms with E-state index in [1.807, 2.05) is 6.07 Å². The van der Waals surface area contributed by atoms with Crippen LogP contribution in [-0.4, -0.2) is 56.3 Å². The van der Waals surface area contributed by atoms with Crippen LogP contribution < -0.4 is 21.0 Å². The Morgan fingerprint density at radius 1 is 1.26 bits per heavy atom. The highest BCUT2D eigenvalue weighted by molar-refractivity contribution is 7.52. The average molecular weight is 616 g/mol. The van der Waals surface area contributed by atoms with Crippen LogP contribution in [0, 0.1) is 6.92 Å². The van der Waals surface area contributed by atoms with Crippen molar-refractivity contribution in [2.24, 2.45) is 5.11 Å². The minimum absolute atomic E-state index is 0.0475. The molecule has 0 bridgehead atoms. The summed E-state index contributed by atoms with van der Waals surface area (Å²) in [4.78, 5) is 31.4. The number of aliphatic hydroxyl groups excluding tert-OH is 2. The van der Waals surface area contributed by atoms with Gasteiger partial charge >= 0.3 is 19.4 Å². The monoisotopic (exact) mass is 615 g/mol. The highest BCUT2D eigenvalue weighted by Gasteiger charge is 2.56. The Morgan fingerprint density at radius 3 is 2.63 bits per heavy atom. The maximum absolute atomic E-state index is 14.1. The number of para-hydroxylation sites is 1. The minimum Gasteiger partial charge on any atom is -0.460 e. The molecule has 228 valence electrons. The van der Waals surface area contributed by atoms with Crippen molar-refractivity contribution < 1.29 is 38.1 Å². The summed E-state index contributed by atoms with van der Waals surface area (Å²) in [6, 6.07) is 15.4. The number of hydrogen-bond acceptors (Lipinski definition) is 12. The van der Waals surface area contributed by atoms with E-state index in [-0.39, 0.29) is 18.2 Å². The zero-order valence-corrected chi connectivity index (χ0v) is 24.0. The van der Waals surface area contributed by atoms with E-state index in [1.165, 1.54) is 19.1 Å². The van der Waals surface area contributed by atoms with Gasteiger partial charge in [0.05, 0.1) is 6.61 Å². The molecule has 1 aliphatic heterocycles. The van der Waals surface area contributed by atoms with Crippen LogP contribution in [0.2, 0.25) is 0 Å². The molecule has 1 unspecified atom stereocenters. The van der Waals surface area contributed by atoms with Crippen molar-refractivity contribution in [3.63, 3.8) is 0 Å². The van der Waals surface area contributed by atoms with Crippen LogP contribution in [-0.2, 0) is 30.0 Å². The maximum Gasteiger partial charge on any atom is 0.459 e. The van der Waals surface area contributed by atoms with Gasteiger partial charge in [0.15, 0.2) is 6.23 Å². The summed E-state index contributed by atoms with van der Waals surface area (Å²) in [5.74, 6) is -0.754. The second kappa shape index (κ2) is 13.4. The number of carbonyl (C=O) groups excluding carboxylic acids is 1. The molecule has 0 aliphatic carbocycles. The molecule has 0 amide bonds. The van der Waals surface area contributed by atoms with Crippen molar-refractivity contribution in [3.05, 3.63) is 98.9 Å². The Balaban J connectivity index is 1.58. The summed E-state index contributed by atoms with van der Waals surface area (Å²) in [6.07, 6.45) is -4.23. The molecule has 1 fully saturated rings. The highest BCUT2D eigenvalue weighted by Crippen LogP contribution is 2.48. The molecule has 4 rings (SSSR count). The predicted molar refractivity (Wildman–Crippen MR) is 151 cm³/mol. The Kier molecular flexibility index (Phi) is 9.84. The number of aromatic nitrogens is 2. The van der Waals surface area contributed by atoms with Crippen LogP contribution in [0.25, 0.3) is 10.4 Å². The van der Waals surface area contributed by atoms with Gasteiger partial charge in [-0.15, -0.1) is 0 Å². The summed E-state index contributed by atoms with van der Waals surface area (Å²) in [6.45, 7) is 2.05. The van der Waals surface area contributed by atoms with Crippen molar-refractivity contribution in [2.75, 3.05) is 12.3 Å². The van der Waals surface area contributed by atoms with Gasteiger partial charge in [-0.3, -0.25) is 13.9 Å². The second-order valence-electron chi connectivity index (χ2n) is 9.59. The number of azide groups is 1. The first-order valence-electron chi connectivity index (χ1n) is 12.9. The van der Waals surface area contributed by atoms with E-state index in [0.717, 1.165) is 16.3 Å². The van der Waals surface area contributed by atoms with Gasteiger partial charge in [0.25, 0.3) is 0 Å². The van der Waals surface area contributed by atoms with Gasteiger partial charge in [-0.2, -0.15) is 10.1 Å². The minimum atomic E-state index is -4.55. The summed E-state index contributed by atoms with van der Waals surface area (Å²) in [5.41, 5.74) is 12.8. The number of carbonyl (C=O) groups is 1. The fourth-order valence-corrected chi connectivity index (χ4v) is 5.70. The molecule has 1 aromatic heterocycles. The molecule has 6 atom stereocenters. The van der Waals surface area contributed by atoms with E-state index < -0.39 is 56.2 Å².